The number of nitrogens with zero attached hydrogens (tertiary/aromatic N) is 2. The van der Waals surface area contributed by atoms with Gasteiger partial charge in [-0.1, -0.05) is 12.8 Å². The zero-order valence-corrected chi connectivity index (χ0v) is 18.8. The van der Waals surface area contributed by atoms with Crippen molar-refractivity contribution in [1.29, 1.82) is 0 Å². The zero-order valence-electron chi connectivity index (χ0n) is 16.5. The number of amides is 1. The van der Waals surface area contributed by atoms with E-state index in [1.807, 2.05) is 4.90 Å². The number of hydrogen-bond donors (Lipinski definition) is 2. The number of nitrogens with one attached hydrogen (secondary N) is 2. The summed E-state index contributed by atoms with van der Waals surface area (Å²) < 4.78 is 5.30. The summed E-state index contributed by atoms with van der Waals surface area (Å²) in [5, 5.41) is 6.64. The number of methoxy groups -OCH3 is 1. The lowest BCUT2D eigenvalue weighted by atomic mass is 9.83. The number of carbonyl (C=O) groups excluding carboxylic acids is 1. The van der Waals surface area contributed by atoms with Crippen LogP contribution in [0.1, 0.15) is 58.3 Å². The van der Waals surface area contributed by atoms with Gasteiger partial charge in [0.15, 0.2) is 5.96 Å². The van der Waals surface area contributed by atoms with Crippen LogP contribution >= 0.6 is 24.0 Å². The van der Waals surface area contributed by atoms with Crippen molar-refractivity contribution in [2.24, 2.45) is 10.4 Å². The van der Waals surface area contributed by atoms with Gasteiger partial charge >= 0.3 is 0 Å². The second kappa shape index (κ2) is 12.8. The van der Waals surface area contributed by atoms with Gasteiger partial charge in [-0.3, -0.25) is 9.79 Å². The van der Waals surface area contributed by atoms with Crippen molar-refractivity contribution < 1.29 is 9.53 Å². The van der Waals surface area contributed by atoms with Crippen LogP contribution in [0.5, 0.6) is 0 Å². The maximum absolute atomic E-state index is 12.1. The maximum atomic E-state index is 12.1. The summed E-state index contributed by atoms with van der Waals surface area (Å²) in [6, 6.07) is 0. The number of halogens is 1. The highest BCUT2D eigenvalue weighted by molar-refractivity contribution is 14.0. The van der Waals surface area contributed by atoms with Crippen LogP contribution in [0.2, 0.25) is 0 Å². The van der Waals surface area contributed by atoms with Gasteiger partial charge in [-0.05, 0) is 44.4 Å². The van der Waals surface area contributed by atoms with Crippen LogP contribution in [0, 0.1) is 5.41 Å². The molecule has 1 saturated heterocycles. The van der Waals surface area contributed by atoms with Crippen LogP contribution in [0.15, 0.2) is 4.99 Å². The van der Waals surface area contributed by atoms with E-state index in [4.69, 9.17) is 9.73 Å². The number of likely N-dealkylation sites (tertiary alicyclic amines) is 1. The third-order valence-electron chi connectivity index (χ3n) is 5.51. The molecular weight excluding hydrogens is 443 g/mol. The quantitative estimate of drug-likeness (QED) is 0.303. The average molecular weight is 480 g/mol. The first kappa shape index (κ1) is 23.5. The number of aliphatic imine (C=N–C) groups is 1. The van der Waals surface area contributed by atoms with Gasteiger partial charge in [-0.15, -0.1) is 24.0 Å². The number of carbonyl (C=O) groups is 1. The van der Waals surface area contributed by atoms with Gasteiger partial charge in [-0.25, -0.2) is 0 Å². The number of ether oxygens (including phenoxy) is 1. The van der Waals surface area contributed by atoms with Gasteiger partial charge in [0, 0.05) is 52.9 Å². The zero-order chi connectivity index (χ0) is 18.0. The third-order valence-corrected chi connectivity index (χ3v) is 5.51. The lowest BCUT2D eigenvalue weighted by Crippen LogP contribution is -2.40. The van der Waals surface area contributed by atoms with Crippen molar-refractivity contribution in [1.82, 2.24) is 15.5 Å². The Bertz CT molecular complexity index is 433. The number of hydrogen-bond acceptors (Lipinski definition) is 3. The Labute approximate surface area is 175 Å². The van der Waals surface area contributed by atoms with Crippen LogP contribution in [0.3, 0.4) is 0 Å². The number of rotatable bonds is 9. The largest absolute Gasteiger partial charge is 0.385 e. The van der Waals surface area contributed by atoms with E-state index in [1.165, 1.54) is 25.7 Å². The molecule has 1 amide bonds. The molecule has 0 aromatic carbocycles. The first-order valence-corrected chi connectivity index (χ1v) is 9.98. The minimum Gasteiger partial charge on any atom is -0.385 e. The molecule has 0 radical (unpaired) electrons. The molecule has 26 heavy (non-hydrogen) atoms. The molecule has 0 unspecified atom stereocenters. The Balaban J connectivity index is 0.00000338. The highest BCUT2D eigenvalue weighted by atomic mass is 127. The fraction of sp³-hybridized carbons (Fsp3) is 0.895. The highest BCUT2D eigenvalue weighted by Gasteiger charge is 2.33. The van der Waals surface area contributed by atoms with E-state index in [0.29, 0.717) is 18.4 Å². The van der Waals surface area contributed by atoms with Crippen molar-refractivity contribution in [3.63, 3.8) is 0 Å². The Kier molecular flexibility index (Phi) is 11.5. The van der Waals surface area contributed by atoms with Crippen LogP contribution in [0.25, 0.3) is 0 Å². The molecule has 0 atom stereocenters. The van der Waals surface area contributed by atoms with Gasteiger partial charge in [0.25, 0.3) is 0 Å². The molecule has 7 heteroatoms. The second-order valence-corrected chi connectivity index (χ2v) is 7.41. The minimum absolute atomic E-state index is 0. The fourth-order valence-corrected chi connectivity index (χ4v) is 3.93. The monoisotopic (exact) mass is 480 g/mol. The van der Waals surface area contributed by atoms with Crippen LogP contribution in [-0.4, -0.2) is 63.2 Å². The molecule has 1 aliphatic carbocycles. The van der Waals surface area contributed by atoms with Gasteiger partial charge < -0.3 is 20.3 Å². The Morgan fingerprint density at radius 1 is 1.15 bits per heavy atom. The summed E-state index contributed by atoms with van der Waals surface area (Å²) in [7, 11) is 1.77. The molecule has 2 aliphatic rings. The molecule has 2 rings (SSSR count). The Hall–Kier alpha value is -0.570. The second-order valence-electron chi connectivity index (χ2n) is 7.41. The van der Waals surface area contributed by atoms with Crippen LogP contribution in [0.4, 0.5) is 0 Å². The predicted molar refractivity (Wildman–Crippen MR) is 117 cm³/mol. The van der Waals surface area contributed by atoms with Crippen molar-refractivity contribution in [2.75, 3.05) is 46.4 Å². The molecule has 2 N–H and O–H groups in total. The van der Waals surface area contributed by atoms with Crippen LogP contribution in [-0.2, 0) is 9.53 Å². The van der Waals surface area contributed by atoms with E-state index in [1.54, 1.807) is 7.11 Å². The molecule has 2 fully saturated rings. The molecule has 6 nitrogen and oxygen atoms in total. The van der Waals surface area contributed by atoms with E-state index in [0.717, 1.165) is 58.0 Å². The predicted octanol–water partition coefficient (Wildman–Crippen LogP) is 2.77. The first-order chi connectivity index (χ1) is 12.2. The Morgan fingerprint density at radius 2 is 1.85 bits per heavy atom. The van der Waals surface area contributed by atoms with E-state index in [-0.39, 0.29) is 29.9 Å². The maximum Gasteiger partial charge on any atom is 0.224 e. The highest BCUT2D eigenvalue weighted by Crippen LogP contribution is 2.41. The molecule has 0 spiro atoms. The summed E-state index contributed by atoms with van der Waals surface area (Å²) in [4.78, 5) is 18.9. The lowest BCUT2D eigenvalue weighted by molar-refractivity contribution is -0.129. The van der Waals surface area contributed by atoms with Crippen molar-refractivity contribution >= 4 is 35.8 Å². The fourth-order valence-electron chi connectivity index (χ4n) is 3.93. The van der Waals surface area contributed by atoms with Gasteiger partial charge in [0.2, 0.25) is 5.91 Å². The van der Waals surface area contributed by atoms with E-state index in [2.05, 4.69) is 17.6 Å². The van der Waals surface area contributed by atoms with Crippen molar-refractivity contribution in [2.45, 2.75) is 58.3 Å². The molecule has 0 aromatic rings. The van der Waals surface area contributed by atoms with Crippen molar-refractivity contribution in [3.8, 4) is 0 Å². The standard InChI is InChI=1S/C19H36N4O2.HI/c1-3-20-18(21-12-8-17(24)23-13-6-7-14-23)22-16-19(11-15-25-2)9-4-5-10-19;/h3-16H2,1-2H3,(H2,20,21,22);1H. The number of guanidine groups is 1. The van der Waals surface area contributed by atoms with Gasteiger partial charge in [-0.2, -0.15) is 0 Å². The molecule has 1 aliphatic heterocycles. The summed E-state index contributed by atoms with van der Waals surface area (Å²) in [6.07, 6.45) is 9.00. The smallest absolute Gasteiger partial charge is 0.224 e. The molecule has 0 bridgehead atoms. The minimum atomic E-state index is 0. The molecule has 1 heterocycles. The first-order valence-electron chi connectivity index (χ1n) is 9.98. The van der Waals surface area contributed by atoms with E-state index >= 15 is 0 Å². The third kappa shape index (κ3) is 7.58. The summed E-state index contributed by atoms with van der Waals surface area (Å²) in [5.41, 5.74) is 0.295. The summed E-state index contributed by atoms with van der Waals surface area (Å²) >= 11 is 0. The Morgan fingerprint density at radius 3 is 2.46 bits per heavy atom. The van der Waals surface area contributed by atoms with Crippen LogP contribution < -0.4 is 10.6 Å². The molecule has 0 aromatic heterocycles. The summed E-state index contributed by atoms with van der Waals surface area (Å²) in [6.45, 7) is 7.05. The van der Waals surface area contributed by atoms with Gasteiger partial charge in [0.1, 0.15) is 0 Å². The van der Waals surface area contributed by atoms with Crippen molar-refractivity contribution in [3.05, 3.63) is 0 Å². The van der Waals surface area contributed by atoms with Gasteiger partial charge in [0.05, 0.1) is 0 Å². The molecule has 152 valence electrons. The molecule has 1 saturated carbocycles. The average Bonchev–Trinajstić information content (AvgIpc) is 3.30. The lowest BCUT2D eigenvalue weighted by Gasteiger charge is -2.27. The topological polar surface area (TPSA) is 66.0 Å². The van der Waals surface area contributed by atoms with E-state index in [9.17, 15) is 4.79 Å². The SMILES string of the molecule is CCNC(=NCC1(CCOC)CCCC1)NCCC(=O)N1CCCC1.I. The normalized spacial score (nSPS) is 19.3. The molecular formula is C19H37IN4O2. The van der Waals surface area contributed by atoms with E-state index < -0.39 is 0 Å². The summed E-state index contributed by atoms with van der Waals surface area (Å²) in [5.74, 6) is 1.09.